The van der Waals surface area contributed by atoms with Crippen molar-refractivity contribution in [3.8, 4) is 0 Å². The Bertz CT molecular complexity index is 583. The number of aryl methyl sites for hydroxylation is 1. The van der Waals surface area contributed by atoms with E-state index in [9.17, 15) is 8.42 Å². The molecule has 0 bridgehead atoms. The summed E-state index contributed by atoms with van der Waals surface area (Å²) in [5.41, 5.74) is 1.08. The first-order chi connectivity index (χ1) is 6.50. The zero-order chi connectivity index (χ0) is 10.3. The van der Waals surface area contributed by atoms with Crippen molar-refractivity contribution in [2.45, 2.75) is 12.0 Å². The van der Waals surface area contributed by atoms with E-state index < -0.39 is 9.05 Å². The van der Waals surface area contributed by atoms with E-state index in [4.69, 9.17) is 15.1 Å². The fourth-order valence-electron chi connectivity index (χ4n) is 1.38. The molecule has 0 atom stereocenters. The second-order valence-corrected chi connectivity index (χ2v) is 5.41. The van der Waals surface area contributed by atoms with Crippen LogP contribution in [-0.2, 0) is 9.05 Å². The van der Waals surface area contributed by atoms with E-state index >= 15 is 0 Å². The van der Waals surface area contributed by atoms with Crippen LogP contribution in [-0.4, -0.2) is 8.42 Å². The lowest BCUT2D eigenvalue weighted by Gasteiger charge is -1.89. The molecule has 1 aromatic carbocycles. The molecule has 1 aromatic heterocycles. The first-order valence-electron chi connectivity index (χ1n) is 3.93. The number of hydrogen-bond acceptors (Lipinski definition) is 3. The van der Waals surface area contributed by atoms with E-state index in [-0.39, 0.29) is 5.09 Å². The SMILES string of the molecule is Cc1c(S(=O)(=O)Cl)oc2ccccc12. The summed E-state index contributed by atoms with van der Waals surface area (Å²) in [4.78, 5) is 0. The molecule has 2 rings (SSSR count). The van der Waals surface area contributed by atoms with E-state index in [1.165, 1.54) is 0 Å². The van der Waals surface area contributed by atoms with Gasteiger partial charge in [-0.05, 0) is 13.0 Å². The van der Waals surface area contributed by atoms with Gasteiger partial charge in [-0.15, -0.1) is 0 Å². The van der Waals surface area contributed by atoms with Crippen LogP contribution in [0.4, 0.5) is 0 Å². The molecule has 0 unspecified atom stereocenters. The molecule has 0 spiro atoms. The van der Waals surface area contributed by atoms with E-state index in [2.05, 4.69) is 0 Å². The Kier molecular flexibility index (Phi) is 2.05. The van der Waals surface area contributed by atoms with Gasteiger partial charge in [0.2, 0.25) is 5.09 Å². The monoisotopic (exact) mass is 230 g/mol. The molecular weight excluding hydrogens is 224 g/mol. The van der Waals surface area contributed by atoms with Crippen molar-refractivity contribution in [2.75, 3.05) is 0 Å². The summed E-state index contributed by atoms with van der Waals surface area (Å²) in [5.74, 6) is 0. The Morgan fingerprint density at radius 3 is 2.50 bits per heavy atom. The number of fused-ring (bicyclic) bond motifs is 1. The number of halogens is 1. The van der Waals surface area contributed by atoms with Gasteiger partial charge in [-0.25, -0.2) is 8.42 Å². The topological polar surface area (TPSA) is 47.3 Å². The number of benzene rings is 1. The maximum atomic E-state index is 11.1. The summed E-state index contributed by atoms with van der Waals surface area (Å²) < 4.78 is 27.3. The third kappa shape index (κ3) is 1.40. The molecule has 0 aliphatic carbocycles. The Hall–Kier alpha value is -1.00. The summed E-state index contributed by atoms with van der Waals surface area (Å²) in [6.45, 7) is 1.67. The van der Waals surface area contributed by atoms with Crippen molar-refractivity contribution in [1.82, 2.24) is 0 Å². The molecule has 2 aromatic rings. The van der Waals surface area contributed by atoms with Crippen LogP contribution in [0.2, 0.25) is 0 Å². The van der Waals surface area contributed by atoms with Crippen LogP contribution in [0.3, 0.4) is 0 Å². The quantitative estimate of drug-likeness (QED) is 0.708. The van der Waals surface area contributed by atoms with Gasteiger partial charge in [-0.2, -0.15) is 0 Å². The zero-order valence-corrected chi connectivity index (χ0v) is 8.89. The van der Waals surface area contributed by atoms with Crippen molar-refractivity contribution in [1.29, 1.82) is 0 Å². The van der Waals surface area contributed by atoms with Crippen molar-refractivity contribution >= 4 is 30.7 Å². The predicted octanol–water partition coefficient (Wildman–Crippen LogP) is 2.67. The second-order valence-electron chi connectivity index (χ2n) is 2.95. The smallest absolute Gasteiger partial charge is 0.294 e. The zero-order valence-electron chi connectivity index (χ0n) is 7.32. The maximum Gasteiger partial charge on any atom is 0.294 e. The average molecular weight is 231 g/mol. The van der Waals surface area contributed by atoms with Gasteiger partial charge in [-0.3, -0.25) is 0 Å². The Balaban J connectivity index is 2.89. The van der Waals surface area contributed by atoms with Gasteiger partial charge in [-0.1, -0.05) is 18.2 Å². The summed E-state index contributed by atoms with van der Waals surface area (Å²) in [7, 11) is 1.42. The molecule has 0 saturated heterocycles. The minimum Gasteiger partial charge on any atom is -0.443 e. The lowest BCUT2D eigenvalue weighted by Crippen LogP contribution is -1.89. The van der Waals surface area contributed by atoms with Crippen molar-refractivity contribution in [3.05, 3.63) is 29.8 Å². The van der Waals surface area contributed by atoms with Crippen LogP contribution < -0.4 is 0 Å². The van der Waals surface area contributed by atoms with Crippen molar-refractivity contribution in [3.63, 3.8) is 0 Å². The van der Waals surface area contributed by atoms with E-state index in [0.717, 1.165) is 5.39 Å². The number of furan rings is 1. The van der Waals surface area contributed by atoms with Gasteiger partial charge in [0.15, 0.2) is 0 Å². The van der Waals surface area contributed by atoms with E-state index in [0.29, 0.717) is 11.1 Å². The lowest BCUT2D eigenvalue weighted by molar-refractivity contribution is 0.484. The normalized spacial score (nSPS) is 12.1. The molecular formula is C9H7ClO3S. The fraction of sp³-hybridized carbons (Fsp3) is 0.111. The average Bonchev–Trinajstić information content (AvgIpc) is 2.44. The van der Waals surface area contributed by atoms with Crippen LogP contribution in [0, 0.1) is 6.92 Å². The highest BCUT2D eigenvalue weighted by molar-refractivity contribution is 8.13. The highest BCUT2D eigenvalue weighted by Gasteiger charge is 2.20. The fourth-order valence-corrected chi connectivity index (χ4v) is 2.49. The van der Waals surface area contributed by atoms with Crippen LogP contribution >= 0.6 is 10.7 Å². The molecule has 0 radical (unpaired) electrons. The number of rotatable bonds is 1. The molecule has 0 amide bonds. The third-order valence-electron chi connectivity index (χ3n) is 2.02. The first kappa shape index (κ1) is 9.55. The maximum absolute atomic E-state index is 11.1. The van der Waals surface area contributed by atoms with Crippen LogP contribution in [0.15, 0.2) is 33.8 Å². The minimum absolute atomic E-state index is 0.166. The van der Waals surface area contributed by atoms with Crippen LogP contribution in [0.1, 0.15) is 5.56 Å². The van der Waals surface area contributed by atoms with Gasteiger partial charge in [0, 0.05) is 21.6 Å². The molecule has 0 fully saturated rings. The van der Waals surface area contributed by atoms with Crippen LogP contribution in [0.25, 0.3) is 11.0 Å². The summed E-state index contributed by atoms with van der Waals surface area (Å²) in [6, 6.07) is 7.08. The highest BCUT2D eigenvalue weighted by Crippen LogP contribution is 2.29. The number of hydrogen-bond donors (Lipinski definition) is 0. The minimum atomic E-state index is -3.79. The molecule has 0 aliphatic heterocycles. The van der Waals surface area contributed by atoms with Gasteiger partial charge >= 0.3 is 0 Å². The molecule has 0 aliphatic rings. The molecule has 0 N–H and O–H groups in total. The predicted molar refractivity (Wildman–Crippen MR) is 54.0 cm³/mol. The molecule has 3 nitrogen and oxygen atoms in total. The molecule has 14 heavy (non-hydrogen) atoms. The summed E-state index contributed by atoms with van der Waals surface area (Å²) >= 11 is 0. The summed E-state index contributed by atoms with van der Waals surface area (Å²) in [5, 5.41) is 0.604. The second kappa shape index (κ2) is 3.00. The van der Waals surface area contributed by atoms with Gasteiger partial charge in [0.1, 0.15) is 5.58 Å². The molecule has 1 heterocycles. The highest BCUT2D eigenvalue weighted by atomic mass is 35.7. The van der Waals surface area contributed by atoms with E-state index in [1.807, 2.05) is 6.07 Å². The van der Waals surface area contributed by atoms with Crippen molar-refractivity contribution < 1.29 is 12.8 Å². The molecule has 0 saturated carbocycles. The summed E-state index contributed by atoms with van der Waals surface area (Å²) in [6.07, 6.45) is 0. The standard InChI is InChI=1S/C9H7ClO3S/c1-6-7-4-2-3-5-8(7)13-9(6)14(10,11)12/h2-5H,1H3. The van der Waals surface area contributed by atoms with E-state index in [1.54, 1.807) is 25.1 Å². The first-order valence-corrected chi connectivity index (χ1v) is 6.24. The Labute approximate surface area is 85.7 Å². The third-order valence-corrected chi connectivity index (χ3v) is 3.27. The van der Waals surface area contributed by atoms with Crippen molar-refractivity contribution in [2.24, 2.45) is 0 Å². The Morgan fingerprint density at radius 2 is 1.93 bits per heavy atom. The Morgan fingerprint density at radius 1 is 1.29 bits per heavy atom. The van der Waals surface area contributed by atoms with Gasteiger partial charge in [0.05, 0.1) is 0 Å². The largest absolute Gasteiger partial charge is 0.443 e. The van der Waals surface area contributed by atoms with Crippen LogP contribution in [0.5, 0.6) is 0 Å². The lowest BCUT2D eigenvalue weighted by atomic mass is 10.2. The molecule has 5 heteroatoms. The van der Waals surface area contributed by atoms with Gasteiger partial charge < -0.3 is 4.42 Å². The van der Waals surface area contributed by atoms with Gasteiger partial charge in [0.25, 0.3) is 9.05 Å². The number of para-hydroxylation sites is 1. The molecule has 74 valence electrons.